The molecule has 0 aromatic heterocycles. The summed E-state index contributed by atoms with van der Waals surface area (Å²) in [6.07, 6.45) is 4.28. The fraction of sp³-hybridized carbons (Fsp3) is 0.625. The highest BCUT2D eigenvalue weighted by Crippen LogP contribution is 2.42. The van der Waals surface area contributed by atoms with Gasteiger partial charge in [0.25, 0.3) is 0 Å². The molecule has 0 saturated heterocycles. The quantitative estimate of drug-likeness (QED) is 0.872. The maximum Gasteiger partial charge on any atom is 0.124 e. The minimum Gasteiger partial charge on any atom is -0.487 e. The van der Waals surface area contributed by atoms with Crippen molar-refractivity contribution in [1.29, 1.82) is 0 Å². The molecule has 0 aliphatic carbocycles. The number of ether oxygens (including phenoxy) is 1. The maximum absolute atomic E-state index is 6.31. The summed E-state index contributed by atoms with van der Waals surface area (Å²) in [7, 11) is 2.05. The van der Waals surface area contributed by atoms with Gasteiger partial charge in [0.2, 0.25) is 0 Å². The van der Waals surface area contributed by atoms with Crippen molar-refractivity contribution in [2.24, 2.45) is 0 Å². The third kappa shape index (κ3) is 2.26. The summed E-state index contributed by atoms with van der Waals surface area (Å²) >= 11 is 0. The highest BCUT2D eigenvalue weighted by Gasteiger charge is 2.37. The second kappa shape index (κ2) is 5.31. The van der Waals surface area contributed by atoms with Crippen LogP contribution in [0.4, 0.5) is 0 Å². The molecule has 1 unspecified atom stereocenters. The summed E-state index contributed by atoms with van der Waals surface area (Å²) in [5.74, 6) is 1.07. The predicted molar refractivity (Wildman–Crippen MR) is 76.2 cm³/mol. The summed E-state index contributed by atoms with van der Waals surface area (Å²) < 4.78 is 6.31. The van der Waals surface area contributed by atoms with Gasteiger partial charge in [-0.1, -0.05) is 32.9 Å². The van der Waals surface area contributed by atoms with E-state index in [-0.39, 0.29) is 5.60 Å². The zero-order valence-corrected chi connectivity index (χ0v) is 12.0. The first-order chi connectivity index (χ1) is 8.68. The SMILES string of the molecule is CCc1ccc2c(c1)C(NC)CC(CC)(CC)O2. The van der Waals surface area contributed by atoms with Crippen molar-refractivity contribution in [3.05, 3.63) is 29.3 Å². The standard InChI is InChI=1S/C16H25NO/c1-5-12-8-9-15-13(10-12)14(17-4)11-16(6-2,7-3)18-15/h8-10,14,17H,5-7,11H2,1-4H3. The lowest BCUT2D eigenvalue weighted by atomic mass is 9.83. The Morgan fingerprint density at radius 3 is 2.56 bits per heavy atom. The van der Waals surface area contributed by atoms with Gasteiger partial charge in [-0.2, -0.15) is 0 Å². The largest absolute Gasteiger partial charge is 0.487 e. The van der Waals surface area contributed by atoms with E-state index in [1.807, 2.05) is 0 Å². The number of rotatable bonds is 4. The Morgan fingerprint density at radius 1 is 1.28 bits per heavy atom. The van der Waals surface area contributed by atoms with Gasteiger partial charge in [-0.15, -0.1) is 0 Å². The topological polar surface area (TPSA) is 21.3 Å². The van der Waals surface area contributed by atoms with Crippen molar-refractivity contribution in [1.82, 2.24) is 5.32 Å². The van der Waals surface area contributed by atoms with E-state index in [9.17, 15) is 0 Å². The van der Waals surface area contributed by atoms with Gasteiger partial charge in [0, 0.05) is 18.0 Å². The van der Waals surface area contributed by atoms with Gasteiger partial charge in [0.15, 0.2) is 0 Å². The average Bonchev–Trinajstić information content (AvgIpc) is 2.45. The first-order valence-electron chi connectivity index (χ1n) is 7.17. The summed E-state index contributed by atoms with van der Waals surface area (Å²) in [4.78, 5) is 0. The minimum absolute atomic E-state index is 0.00834. The fourth-order valence-corrected chi connectivity index (χ4v) is 2.88. The lowest BCUT2D eigenvalue weighted by molar-refractivity contribution is 0.0239. The molecule has 0 radical (unpaired) electrons. The summed E-state index contributed by atoms with van der Waals surface area (Å²) in [5.41, 5.74) is 2.72. The van der Waals surface area contributed by atoms with Crippen LogP contribution in [0.1, 0.15) is 57.2 Å². The lowest BCUT2D eigenvalue weighted by Crippen LogP contribution is -2.42. The van der Waals surface area contributed by atoms with Crippen molar-refractivity contribution >= 4 is 0 Å². The number of fused-ring (bicyclic) bond motifs is 1. The third-order valence-electron chi connectivity index (χ3n) is 4.40. The van der Waals surface area contributed by atoms with Gasteiger partial charge >= 0.3 is 0 Å². The van der Waals surface area contributed by atoms with E-state index in [0.717, 1.165) is 31.4 Å². The molecule has 0 fully saturated rings. The molecule has 1 aliphatic heterocycles. The Labute approximate surface area is 111 Å². The smallest absolute Gasteiger partial charge is 0.124 e. The predicted octanol–water partition coefficient (Wildman–Crippen LogP) is 3.85. The van der Waals surface area contributed by atoms with Crippen LogP contribution in [0.3, 0.4) is 0 Å². The van der Waals surface area contributed by atoms with Crippen LogP contribution in [0, 0.1) is 0 Å². The van der Waals surface area contributed by atoms with Crippen LogP contribution < -0.4 is 10.1 Å². The average molecular weight is 247 g/mol. The van der Waals surface area contributed by atoms with Crippen molar-refractivity contribution in [3.63, 3.8) is 0 Å². The van der Waals surface area contributed by atoms with Crippen LogP contribution >= 0.6 is 0 Å². The Bertz CT molecular complexity index is 410. The van der Waals surface area contributed by atoms with E-state index < -0.39 is 0 Å². The molecule has 1 aromatic carbocycles. The summed E-state index contributed by atoms with van der Waals surface area (Å²) in [5, 5.41) is 3.45. The second-order valence-corrected chi connectivity index (χ2v) is 5.26. The van der Waals surface area contributed by atoms with E-state index in [4.69, 9.17) is 4.74 Å². The Hall–Kier alpha value is -1.02. The van der Waals surface area contributed by atoms with Crippen molar-refractivity contribution in [2.45, 2.75) is 58.1 Å². The maximum atomic E-state index is 6.31. The molecule has 1 aliphatic rings. The molecular weight excluding hydrogens is 222 g/mol. The van der Waals surface area contributed by atoms with Crippen molar-refractivity contribution < 1.29 is 4.74 Å². The summed E-state index contributed by atoms with van der Waals surface area (Å²) in [6.45, 7) is 6.64. The van der Waals surface area contributed by atoms with E-state index in [2.05, 4.69) is 51.3 Å². The van der Waals surface area contributed by atoms with E-state index in [1.165, 1.54) is 11.1 Å². The molecule has 0 amide bonds. The molecule has 18 heavy (non-hydrogen) atoms. The van der Waals surface area contributed by atoms with E-state index >= 15 is 0 Å². The minimum atomic E-state index is 0.00834. The first-order valence-corrected chi connectivity index (χ1v) is 7.17. The van der Waals surface area contributed by atoms with Gasteiger partial charge in [-0.05, 0) is 37.9 Å². The highest BCUT2D eigenvalue weighted by atomic mass is 16.5. The van der Waals surface area contributed by atoms with Crippen LogP contribution in [0.2, 0.25) is 0 Å². The molecule has 2 rings (SSSR count). The van der Waals surface area contributed by atoms with Crippen molar-refractivity contribution in [2.75, 3.05) is 7.05 Å². The number of nitrogens with one attached hydrogen (secondary N) is 1. The first kappa shape index (κ1) is 13.4. The van der Waals surface area contributed by atoms with Crippen LogP contribution in [0.5, 0.6) is 5.75 Å². The van der Waals surface area contributed by atoms with Crippen LogP contribution in [-0.2, 0) is 6.42 Å². The second-order valence-electron chi connectivity index (χ2n) is 5.26. The van der Waals surface area contributed by atoms with Gasteiger partial charge in [0.1, 0.15) is 11.4 Å². The Balaban J connectivity index is 2.41. The van der Waals surface area contributed by atoms with Crippen LogP contribution in [0.25, 0.3) is 0 Å². The summed E-state index contributed by atoms with van der Waals surface area (Å²) in [6, 6.07) is 7.05. The molecule has 2 nitrogen and oxygen atoms in total. The number of benzene rings is 1. The number of aryl methyl sites for hydroxylation is 1. The number of hydrogen-bond donors (Lipinski definition) is 1. The molecule has 0 saturated carbocycles. The van der Waals surface area contributed by atoms with Gasteiger partial charge in [-0.3, -0.25) is 0 Å². The highest BCUT2D eigenvalue weighted by molar-refractivity contribution is 5.42. The molecule has 1 atom stereocenters. The molecule has 0 spiro atoms. The molecular formula is C16H25NO. The zero-order chi connectivity index (χ0) is 13.2. The van der Waals surface area contributed by atoms with Crippen LogP contribution in [-0.4, -0.2) is 12.6 Å². The van der Waals surface area contributed by atoms with Gasteiger partial charge < -0.3 is 10.1 Å². The molecule has 100 valence electrons. The normalized spacial score (nSPS) is 21.2. The Kier molecular flexibility index (Phi) is 3.96. The van der Waals surface area contributed by atoms with Gasteiger partial charge in [0.05, 0.1) is 0 Å². The number of hydrogen-bond acceptors (Lipinski definition) is 2. The molecule has 1 N–H and O–H groups in total. The fourth-order valence-electron chi connectivity index (χ4n) is 2.88. The third-order valence-corrected chi connectivity index (χ3v) is 4.40. The van der Waals surface area contributed by atoms with Crippen molar-refractivity contribution in [3.8, 4) is 5.75 Å². The molecule has 1 aromatic rings. The lowest BCUT2D eigenvalue weighted by Gasteiger charge is -2.41. The monoisotopic (exact) mass is 247 g/mol. The molecule has 2 heteroatoms. The molecule has 0 bridgehead atoms. The Morgan fingerprint density at radius 2 is 2.00 bits per heavy atom. The van der Waals surface area contributed by atoms with Gasteiger partial charge in [-0.25, -0.2) is 0 Å². The zero-order valence-electron chi connectivity index (χ0n) is 12.0. The van der Waals surface area contributed by atoms with Crippen LogP contribution in [0.15, 0.2) is 18.2 Å². The van der Waals surface area contributed by atoms with E-state index in [1.54, 1.807) is 0 Å². The molecule has 1 heterocycles. The van der Waals surface area contributed by atoms with E-state index in [0.29, 0.717) is 6.04 Å².